The lowest BCUT2D eigenvalue weighted by Gasteiger charge is -2.29. The van der Waals surface area contributed by atoms with Crippen LogP contribution in [0.1, 0.15) is 12.8 Å². The van der Waals surface area contributed by atoms with Crippen molar-refractivity contribution in [3.05, 3.63) is 48.4 Å². The molecule has 3 heterocycles. The fraction of sp³-hybridized carbons (Fsp3) is 0.368. The van der Waals surface area contributed by atoms with Gasteiger partial charge in [0.1, 0.15) is 11.6 Å². The monoisotopic (exact) mass is 355 g/mol. The van der Waals surface area contributed by atoms with Gasteiger partial charge in [-0.15, -0.1) is 0 Å². The number of hydrogen-bond acceptors (Lipinski definition) is 5. The molecule has 26 heavy (non-hydrogen) atoms. The lowest BCUT2D eigenvalue weighted by atomic mass is 10.1. The first-order valence-electron chi connectivity index (χ1n) is 8.95. The molecule has 1 aliphatic rings. The van der Waals surface area contributed by atoms with Gasteiger partial charge in [0.25, 0.3) is 0 Å². The molecule has 0 bridgehead atoms. The van der Waals surface area contributed by atoms with Crippen molar-refractivity contribution in [1.29, 1.82) is 0 Å². The van der Waals surface area contributed by atoms with Crippen LogP contribution in [0.3, 0.4) is 0 Å². The fourth-order valence-corrected chi connectivity index (χ4v) is 3.33. The second kappa shape index (κ2) is 7.39. The van der Waals surface area contributed by atoms with E-state index >= 15 is 0 Å². The van der Waals surface area contributed by atoms with Crippen LogP contribution in [-0.2, 0) is 0 Å². The van der Waals surface area contributed by atoms with Crippen LogP contribution in [0.5, 0.6) is 0 Å². The Morgan fingerprint density at radius 1 is 1.19 bits per heavy atom. The molecule has 0 aliphatic carbocycles. The summed E-state index contributed by atoms with van der Waals surface area (Å²) in [4.78, 5) is 6.85. The summed E-state index contributed by atoms with van der Waals surface area (Å²) in [7, 11) is 0. The van der Waals surface area contributed by atoms with Crippen molar-refractivity contribution in [2.45, 2.75) is 18.9 Å². The summed E-state index contributed by atoms with van der Waals surface area (Å²) in [5, 5.41) is 17.3. The predicted octanol–water partition coefficient (Wildman–Crippen LogP) is 2.40. The van der Waals surface area contributed by atoms with E-state index in [1.807, 2.05) is 12.1 Å². The van der Waals surface area contributed by atoms with Gasteiger partial charge in [-0.1, -0.05) is 12.1 Å². The fourth-order valence-electron chi connectivity index (χ4n) is 3.33. The van der Waals surface area contributed by atoms with Gasteiger partial charge < -0.3 is 15.3 Å². The second-order valence-electron chi connectivity index (χ2n) is 6.61. The highest BCUT2D eigenvalue weighted by Crippen LogP contribution is 2.24. The van der Waals surface area contributed by atoms with Gasteiger partial charge in [0.2, 0.25) is 0 Å². The van der Waals surface area contributed by atoms with Gasteiger partial charge in [-0.2, -0.15) is 9.61 Å². The van der Waals surface area contributed by atoms with Crippen molar-refractivity contribution in [3.8, 4) is 11.3 Å². The van der Waals surface area contributed by atoms with Gasteiger partial charge in [0, 0.05) is 43.9 Å². The molecule has 0 atom stereocenters. The number of hydrogen-bond donors (Lipinski definition) is 2. The van der Waals surface area contributed by atoms with E-state index in [2.05, 4.69) is 20.3 Å². The number of likely N-dealkylation sites (tertiary alicyclic amines) is 1. The van der Waals surface area contributed by atoms with Crippen LogP contribution in [0.25, 0.3) is 16.9 Å². The maximum absolute atomic E-state index is 14.1. The first kappa shape index (κ1) is 16.9. The summed E-state index contributed by atoms with van der Waals surface area (Å²) < 4.78 is 15.9. The lowest BCUT2D eigenvalue weighted by Crippen LogP contribution is -2.38. The first-order valence-corrected chi connectivity index (χ1v) is 8.95. The molecule has 1 saturated heterocycles. The maximum atomic E-state index is 14.1. The Morgan fingerprint density at radius 3 is 2.81 bits per heavy atom. The number of anilines is 1. The SMILES string of the molecule is OC1CCN(CCNc2cc(-c3ccccc3F)nc3ccnn23)CC1. The molecule has 1 fully saturated rings. The smallest absolute Gasteiger partial charge is 0.157 e. The Kier molecular flexibility index (Phi) is 4.81. The molecule has 2 N–H and O–H groups in total. The third-order valence-electron chi connectivity index (χ3n) is 4.80. The molecule has 0 amide bonds. The highest BCUT2D eigenvalue weighted by molar-refractivity contribution is 5.66. The molecule has 0 unspecified atom stereocenters. The van der Waals surface area contributed by atoms with Crippen molar-refractivity contribution >= 4 is 11.5 Å². The average molecular weight is 355 g/mol. The topological polar surface area (TPSA) is 65.7 Å². The van der Waals surface area contributed by atoms with Gasteiger partial charge in [-0.05, 0) is 25.0 Å². The molecular formula is C19H22FN5O. The molecule has 7 heteroatoms. The van der Waals surface area contributed by atoms with E-state index in [1.54, 1.807) is 28.9 Å². The number of aliphatic hydroxyl groups is 1. The molecule has 4 rings (SSSR count). The van der Waals surface area contributed by atoms with Crippen LogP contribution in [0.4, 0.5) is 10.2 Å². The van der Waals surface area contributed by atoms with Crippen LogP contribution >= 0.6 is 0 Å². The molecule has 6 nitrogen and oxygen atoms in total. The molecule has 3 aromatic rings. The lowest BCUT2D eigenvalue weighted by molar-refractivity contribution is 0.0845. The van der Waals surface area contributed by atoms with Crippen LogP contribution in [0.15, 0.2) is 42.6 Å². The molecule has 0 radical (unpaired) electrons. The highest BCUT2D eigenvalue weighted by atomic mass is 19.1. The Labute approximate surface area is 151 Å². The number of nitrogens with zero attached hydrogens (tertiary/aromatic N) is 4. The van der Waals surface area contributed by atoms with Gasteiger partial charge in [0.15, 0.2) is 5.65 Å². The summed E-state index contributed by atoms with van der Waals surface area (Å²) >= 11 is 0. The number of rotatable bonds is 5. The second-order valence-corrected chi connectivity index (χ2v) is 6.61. The highest BCUT2D eigenvalue weighted by Gasteiger charge is 2.16. The molecule has 1 aliphatic heterocycles. The maximum Gasteiger partial charge on any atom is 0.157 e. The summed E-state index contributed by atoms with van der Waals surface area (Å²) in [5.74, 6) is 0.497. The average Bonchev–Trinajstić information content (AvgIpc) is 3.12. The Hall–Kier alpha value is -2.51. The van der Waals surface area contributed by atoms with E-state index in [4.69, 9.17) is 0 Å². The van der Waals surface area contributed by atoms with Gasteiger partial charge >= 0.3 is 0 Å². The predicted molar refractivity (Wildman–Crippen MR) is 98.6 cm³/mol. The Bertz CT molecular complexity index is 889. The third kappa shape index (κ3) is 3.54. The van der Waals surface area contributed by atoms with E-state index in [9.17, 15) is 9.50 Å². The minimum Gasteiger partial charge on any atom is -0.393 e. The van der Waals surface area contributed by atoms with Crippen LogP contribution in [0, 0.1) is 5.82 Å². The number of aromatic nitrogens is 3. The van der Waals surface area contributed by atoms with E-state index < -0.39 is 0 Å². The minimum absolute atomic E-state index is 0.161. The number of aliphatic hydroxyl groups excluding tert-OH is 1. The summed E-state index contributed by atoms with van der Waals surface area (Å²) in [5.41, 5.74) is 1.73. The van der Waals surface area contributed by atoms with E-state index in [1.165, 1.54) is 6.07 Å². The van der Waals surface area contributed by atoms with Gasteiger partial charge in [-0.25, -0.2) is 9.37 Å². The number of piperidine rings is 1. The van der Waals surface area contributed by atoms with Crippen LogP contribution in [-0.4, -0.2) is 56.9 Å². The first-order chi connectivity index (χ1) is 12.7. The zero-order valence-electron chi connectivity index (χ0n) is 14.5. The van der Waals surface area contributed by atoms with Crippen molar-refractivity contribution in [2.24, 2.45) is 0 Å². The zero-order chi connectivity index (χ0) is 17.9. The molecule has 0 saturated carbocycles. The zero-order valence-corrected chi connectivity index (χ0v) is 14.5. The molecule has 0 spiro atoms. The molecule has 2 aromatic heterocycles. The Balaban J connectivity index is 1.53. The normalized spacial score (nSPS) is 16.2. The van der Waals surface area contributed by atoms with E-state index in [0.717, 1.165) is 44.8 Å². The van der Waals surface area contributed by atoms with Crippen LogP contribution in [0.2, 0.25) is 0 Å². The van der Waals surface area contributed by atoms with Crippen molar-refractivity contribution in [3.63, 3.8) is 0 Å². The quantitative estimate of drug-likeness (QED) is 0.736. The van der Waals surface area contributed by atoms with E-state index in [-0.39, 0.29) is 11.9 Å². The number of fused-ring (bicyclic) bond motifs is 1. The standard InChI is InChI=1S/C19H22FN5O/c20-16-4-2-1-3-15(16)17-13-19(25-18(23-17)5-8-22-25)21-9-12-24-10-6-14(26)7-11-24/h1-5,8,13-14,21,26H,6-7,9-12H2. The van der Waals surface area contributed by atoms with Gasteiger partial charge in [-0.3, -0.25) is 0 Å². The van der Waals surface area contributed by atoms with E-state index in [0.29, 0.717) is 16.9 Å². The number of nitrogens with one attached hydrogen (secondary N) is 1. The van der Waals surface area contributed by atoms with Crippen LogP contribution < -0.4 is 5.32 Å². The third-order valence-corrected chi connectivity index (χ3v) is 4.80. The summed E-state index contributed by atoms with van der Waals surface area (Å²) in [6.45, 7) is 3.45. The largest absolute Gasteiger partial charge is 0.393 e. The summed E-state index contributed by atoms with van der Waals surface area (Å²) in [6, 6.07) is 10.3. The summed E-state index contributed by atoms with van der Waals surface area (Å²) in [6.07, 6.45) is 3.18. The number of halogens is 1. The molecular weight excluding hydrogens is 333 g/mol. The molecule has 1 aromatic carbocycles. The number of benzene rings is 1. The van der Waals surface area contributed by atoms with Crippen molar-refractivity contribution in [2.75, 3.05) is 31.5 Å². The van der Waals surface area contributed by atoms with Crippen molar-refractivity contribution < 1.29 is 9.50 Å². The van der Waals surface area contributed by atoms with Gasteiger partial charge in [0.05, 0.1) is 18.0 Å². The Morgan fingerprint density at radius 2 is 2.00 bits per heavy atom. The minimum atomic E-state index is -0.290. The molecule has 136 valence electrons. The van der Waals surface area contributed by atoms with Crippen molar-refractivity contribution in [1.82, 2.24) is 19.5 Å².